The zero-order valence-electron chi connectivity index (χ0n) is 9.02. The summed E-state index contributed by atoms with van der Waals surface area (Å²) in [5.74, 6) is 0.410. The molecule has 1 aliphatic heterocycles. The quantitative estimate of drug-likeness (QED) is 0.565. The summed E-state index contributed by atoms with van der Waals surface area (Å²) < 4.78 is 0. The van der Waals surface area contributed by atoms with Crippen LogP contribution in [0.2, 0.25) is 0 Å². The van der Waals surface area contributed by atoms with Crippen LogP contribution >= 0.6 is 0 Å². The Hall–Kier alpha value is -1.84. The van der Waals surface area contributed by atoms with Crippen LogP contribution in [-0.4, -0.2) is 24.3 Å². The van der Waals surface area contributed by atoms with E-state index in [1.54, 1.807) is 0 Å². The first kappa shape index (κ1) is 10.7. The van der Waals surface area contributed by atoms with E-state index >= 15 is 0 Å². The second-order valence-corrected chi connectivity index (χ2v) is 3.83. The molecule has 1 saturated heterocycles. The molecule has 0 radical (unpaired) electrons. The van der Waals surface area contributed by atoms with E-state index in [9.17, 15) is 4.79 Å². The van der Waals surface area contributed by atoms with Crippen molar-refractivity contribution in [3.05, 3.63) is 35.9 Å². The van der Waals surface area contributed by atoms with Crippen molar-refractivity contribution in [1.29, 1.82) is 0 Å². The molecule has 4 heteroatoms. The molecule has 0 saturated carbocycles. The van der Waals surface area contributed by atoms with Crippen LogP contribution in [0.4, 0.5) is 0 Å². The van der Waals surface area contributed by atoms with Gasteiger partial charge in [0, 0.05) is 12.1 Å². The van der Waals surface area contributed by atoms with Gasteiger partial charge in [-0.1, -0.05) is 30.3 Å². The highest BCUT2D eigenvalue weighted by atomic mass is 16.2. The van der Waals surface area contributed by atoms with Gasteiger partial charge in [-0.3, -0.25) is 9.79 Å². The van der Waals surface area contributed by atoms with Crippen molar-refractivity contribution in [2.75, 3.05) is 6.54 Å². The molecule has 3 N–H and O–H groups in total. The summed E-state index contributed by atoms with van der Waals surface area (Å²) in [4.78, 5) is 15.8. The maximum atomic E-state index is 11.5. The van der Waals surface area contributed by atoms with Crippen molar-refractivity contribution in [3.8, 4) is 0 Å². The molecule has 4 nitrogen and oxygen atoms in total. The molecule has 1 amide bonds. The number of piperidine rings is 1. The molecule has 16 heavy (non-hydrogen) atoms. The number of nitrogens with zero attached hydrogens (tertiary/aromatic N) is 1. The van der Waals surface area contributed by atoms with Gasteiger partial charge in [0.25, 0.3) is 0 Å². The van der Waals surface area contributed by atoms with Gasteiger partial charge in [0.05, 0.1) is 0 Å². The van der Waals surface area contributed by atoms with Gasteiger partial charge in [0.2, 0.25) is 5.91 Å². The van der Waals surface area contributed by atoms with Crippen molar-refractivity contribution in [3.63, 3.8) is 0 Å². The average Bonchev–Trinajstić information content (AvgIpc) is 2.33. The summed E-state index contributed by atoms with van der Waals surface area (Å²) in [7, 11) is 0. The number of nitrogens with two attached hydrogens (primary N) is 1. The molecule has 1 fully saturated rings. The summed E-state index contributed by atoms with van der Waals surface area (Å²) in [6.45, 7) is 0.746. The number of rotatable bonds is 2. The molecular formula is C12H15N3O. The van der Waals surface area contributed by atoms with Crippen molar-refractivity contribution < 1.29 is 4.79 Å². The minimum atomic E-state index is -0.325. The smallest absolute Gasteiger partial charge is 0.244 e. The number of benzene rings is 1. The van der Waals surface area contributed by atoms with E-state index in [-0.39, 0.29) is 11.9 Å². The Morgan fingerprint density at radius 2 is 2.12 bits per heavy atom. The summed E-state index contributed by atoms with van der Waals surface area (Å²) in [5, 5.41) is 2.79. The number of aliphatic imine (C=N–C) groups is 1. The summed E-state index contributed by atoms with van der Waals surface area (Å²) in [6, 6.07) is 9.18. The Kier molecular flexibility index (Phi) is 3.19. The van der Waals surface area contributed by atoms with Crippen molar-refractivity contribution in [1.82, 2.24) is 5.32 Å². The Labute approximate surface area is 94.6 Å². The third-order valence-corrected chi connectivity index (χ3v) is 2.62. The SMILES string of the molecule is NC(=NC1CCCNC1=O)c1ccccc1. The van der Waals surface area contributed by atoms with Gasteiger partial charge in [0.15, 0.2) is 0 Å². The first-order valence-corrected chi connectivity index (χ1v) is 5.44. The largest absolute Gasteiger partial charge is 0.383 e. The van der Waals surface area contributed by atoms with E-state index < -0.39 is 0 Å². The highest BCUT2D eigenvalue weighted by Crippen LogP contribution is 2.08. The van der Waals surface area contributed by atoms with Crippen LogP contribution in [0.25, 0.3) is 0 Å². The molecule has 84 valence electrons. The molecule has 1 aliphatic rings. The Balaban J connectivity index is 2.14. The number of carbonyl (C=O) groups excluding carboxylic acids is 1. The lowest BCUT2D eigenvalue weighted by atomic mass is 10.1. The minimum Gasteiger partial charge on any atom is -0.383 e. The summed E-state index contributed by atoms with van der Waals surface area (Å²) >= 11 is 0. The summed E-state index contributed by atoms with van der Waals surface area (Å²) in [5.41, 5.74) is 6.72. The average molecular weight is 217 g/mol. The van der Waals surface area contributed by atoms with E-state index in [2.05, 4.69) is 10.3 Å². The molecule has 1 heterocycles. The number of nitrogens with one attached hydrogen (secondary N) is 1. The lowest BCUT2D eigenvalue weighted by Crippen LogP contribution is -2.40. The van der Waals surface area contributed by atoms with Gasteiger partial charge in [-0.15, -0.1) is 0 Å². The molecular weight excluding hydrogens is 202 g/mol. The Morgan fingerprint density at radius 1 is 1.38 bits per heavy atom. The molecule has 1 aromatic carbocycles. The monoisotopic (exact) mass is 217 g/mol. The van der Waals surface area contributed by atoms with Crippen LogP contribution in [-0.2, 0) is 4.79 Å². The van der Waals surface area contributed by atoms with Crippen LogP contribution in [0.5, 0.6) is 0 Å². The topological polar surface area (TPSA) is 67.5 Å². The molecule has 1 atom stereocenters. The zero-order valence-corrected chi connectivity index (χ0v) is 9.02. The molecule has 0 spiro atoms. The molecule has 0 aromatic heterocycles. The predicted molar refractivity (Wildman–Crippen MR) is 63.2 cm³/mol. The molecule has 0 bridgehead atoms. The maximum Gasteiger partial charge on any atom is 0.244 e. The van der Waals surface area contributed by atoms with Crippen LogP contribution in [0.3, 0.4) is 0 Å². The number of carbonyl (C=O) groups is 1. The second-order valence-electron chi connectivity index (χ2n) is 3.83. The molecule has 0 aliphatic carbocycles. The van der Waals surface area contributed by atoms with Gasteiger partial charge in [-0.05, 0) is 12.8 Å². The van der Waals surface area contributed by atoms with E-state index in [0.717, 1.165) is 24.9 Å². The van der Waals surface area contributed by atoms with E-state index in [0.29, 0.717) is 5.84 Å². The first-order chi connectivity index (χ1) is 7.77. The number of amidine groups is 1. The Morgan fingerprint density at radius 3 is 2.81 bits per heavy atom. The highest BCUT2D eigenvalue weighted by Gasteiger charge is 2.21. The second kappa shape index (κ2) is 4.79. The van der Waals surface area contributed by atoms with Crippen LogP contribution < -0.4 is 11.1 Å². The lowest BCUT2D eigenvalue weighted by molar-refractivity contribution is -0.123. The third-order valence-electron chi connectivity index (χ3n) is 2.62. The van der Waals surface area contributed by atoms with Gasteiger partial charge in [0.1, 0.15) is 11.9 Å². The van der Waals surface area contributed by atoms with Crippen LogP contribution in [0.1, 0.15) is 18.4 Å². The first-order valence-electron chi connectivity index (χ1n) is 5.44. The molecule has 1 aromatic rings. The fourth-order valence-corrected chi connectivity index (χ4v) is 1.73. The number of hydrogen-bond acceptors (Lipinski definition) is 2. The minimum absolute atomic E-state index is 0.0230. The number of amides is 1. The third kappa shape index (κ3) is 2.39. The molecule has 1 unspecified atom stereocenters. The van der Waals surface area contributed by atoms with Gasteiger partial charge in [-0.25, -0.2) is 0 Å². The van der Waals surface area contributed by atoms with Crippen LogP contribution in [0.15, 0.2) is 35.3 Å². The van der Waals surface area contributed by atoms with Crippen LogP contribution in [0, 0.1) is 0 Å². The number of hydrogen-bond donors (Lipinski definition) is 2. The standard InChI is InChI=1S/C12H15N3O/c13-11(9-5-2-1-3-6-9)15-10-7-4-8-14-12(10)16/h1-3,5-6,10H,4,7-8H2,(H2,13,15)(H,14,16). The lowest BCUT2D eigenvalue weighted by Gasteiger charge is -2.18. The van der Waals surface area contributed by atoms with Crippen molar-refractivity contribution >= 4 is 11.7 Å². The van der Waals surface area contributed by atoms with Gasteiger partial charge in [-0.2, -0.15) is 0 Å². The fourth-order valence-electron chi connectivity index (χ4n) is 1.73. The van der Waals surface area contributed by atoms with Crippen molar-refractivity contribution in [2.24, 2.45) is 10.7 Å². The normalized spacial score (nSPS) is 21.6. The predicted octanol–water partition coefficient (Wildman–Crippen LogP) is 0.670. The summed E-state index contributed by atoms with van der Waals surface area (Å²) in [6.07, 6.45) is 1.74. The Bertz CT molecular complexity index is 400. The van der Waals surface area contributed by atoms with E-state index in [1.807, 2.05) is 30.3 Å². The van der Waals surface area contributed by atoms with Gasteiger partial charge >= 0.3 is 0 Å². The van der Waals surface area contributed by atoms with Gasteiger partial charge < -0.3 is 11.1 Å². The van der Waals surface area contributed by atoms with Crippen molar-refractivity contribution in [2.45, 2.75) is 18.9 Å². The van der Waals surface area contributed by atoms with E-state index in [1.165, 1.54) is 0 Å². The highest BCUT2D eigenvalue weighted by molar-refractivity contribution is 5.99. The zero-order chi connectivity index (χ0) is 11.4. The fraction of sp³-hybridized carbons (Fsp3) is 0.333. The maximum absolute atomic E-state index is 11.5. The molecule has 2 rings (SSSR count). The van der Waals surface area contributed by atoms with E-state index in [4.69, 9.17) is 5.73 Å².